The van der Waals surface area contributed by atoms with Gasteiger partial charge in [0.25, 0.3) is 0 Å². The third-order valence-corrected chi connectivity index (χ3v) is 6.55. The van der Waals surface area contributed by atoms with Crippen LogP contribution in [0.15, 0.2) is 23.1 Å². The first-order valence-electron chi connectivity index (χ1n) is 9.59. The van der Waals surface area contributed by atoms with E-state index in [0.29, 0.717) is 24.7 Å². The fraction of sp³-hybridized carbons (Fsp3) is 0.500. The molecular weight excluding hydrogens is 368 g/mol. The van der Waals surface area contributed by atoms with Crippen molar-refractivity contribution < 1.29 is 18.7 Å². The van der Waals surface area contributed by atoms with E-state index in [1.54, 1.807) is 0 Å². The van der Waals surface area contributed by atoms with E-state index in [9.17, 15) is 19.1 Å². The zero-order chi connectivity index (χ0) is 19.8. The number of pyridine rings is 1. The molecule has 0 amide bonds. The zero-order valence-corrected chi connectivity index (χ0v) is 15.2. The Morgan fingerprint density at radius 3 is 2.64 bits per heavy atom. The minimum atomic E-state index is -1.40. The first kappa shape index (κ1) is 17.6. The summed E-state index contributed by atoms with van der Waals surface area (Å²) < 4.78 is 30.6. The normalized spacial score (nSPS) is 28.0. The summed E-state index contributed by atoms with van der Waals surface area (Å²) in [6.07, 6.45) is 2.95. The molecule has 0 bridgehead atoms. The number of nitrogens with two attached hydrogens (primary N) is 1. The van der Waals surface area contributed by atoms with Crippen LogP contribution in [0.3, 0.4) is 0 Å². The Labute approximate surface area is 159 Å². The number of carboxylic acids is 1. The van der Waals surface area contributed by atoms with Crippen molar-refractivity contribution in [2.75, 3.05) is 18.0 Å². The monoisotopic (exact) mass is 389 g/mol. The summed E-state index contributed by atoms with van der Waals surface area (Å²) in [6.45, 7) is 1.31. The molecule has 3 aliphatic rings. The van der Waals surface area contributed by atoms with Gasteiger partial charge in [0.15, 0.2) is 5.82 Å². The highest BCUT2D eigenvalue weighted by Crippen LogP contribution is 2.45. The number of rotatable bonds is 4. The standard InChI is InChI=1S/C20H21F2N3O3/c21-13-7-15(13)25-9-12(19(27)28)18(26)11-1-2-14(16(22)17(11)25)24-6-3-10(8-24)20(23)4-5-20/h1-2,9-10,13,15H,3-8,23H2,(H,27,28)/t10-,13-,15-/m1/s1. The second-order valence-electron chi connectivity index (χ2n) is 8.36. The maximum atomic E-state index is 15.5. The number of fused-ring (bicyclic) bond motifs is 1. The Balaban J connectivity index is 1.63. The molecule has 1 aromatic heterocycles. The lowest BCUT2D eigenvalue weighted by molar-refractivity contribution is 0.0694. The van der Waals surface area contributed by atoms with Gasteiger partial charge in [-0.3, -0.25) is 4.79 Å². The topological polar surface area (TPSA) is 88.6 Å². The van der Waals surface area contributed by atoms with Gasteiger partial charge < -0.3 is 20.3 Å². The maximum absolute atomic E-state index is 15.5. The molecule has 2 aliphatic carbocycles. The van der Waals surface area contributed by atoms with Crippen LogP contribution in [0.1, 0.15) is 42.1 Å². The predicted octanol–water partition coefficient (Wildman–Crippen LogP) is 2.44. The summed E-state index contributed by atoms with van der Waals surface area (Å²) in [4.78, 5) is 25.9. The van der Waals surface area contributed by atoms with Crippen LogP contribution in [-0.4, -0.2) is 40.4 Å². The van der Waals surface area contributed by atoms with Crippen LogP contribution in [0.2, 0.25) is 0 Å². The van der Waals surface area contributed by atoms with Gasteiger partial charge in [0.2, 0.25) is 5.43 Å². The van der Waals surface area contributed by atoms with Crippen LogP contribution < -0.4 is 16.1 Å². The lowest BCUT2D eigenvalue weighted by Gasteiger charge is -2.23. The third-order valence-electron chi connectivity index (χ3n) is 6.55. The van der Waals surface area contributed by atoms with Gasteiger partial charge in [-0.05, 0) is 37.3 Å². The Morgan fingerprint density at radius 1 is 1.32 bits per heavy atom. The molecule has 5 rings (SSSR count). The Morgan fingerprint density at radius 2 is 2.04 bits per heavy atom. The van der Waals surface area contributed by atoms with Crippen LogP contribution >= 0.6 is 0 Å². The Kier molecular flexibility index (Phi) is 3.62. The van der Waals surface area contributed by atoms with Gasteiger partial charge in [0, 0.05) is 36.6 Å². The van der Waals surface area contributed by atoms with Crippen molar-refractivity contribution in [2.45, 2.75) is 43.4 Å². The highest BCUT2D eigenvalue weighted by molar-refractivity contribution is 5.94. The highest BCUT2D eigenvalue weighted by atomic mass is 19.1. The van der Waals surface area contributed by atoms with E-state index in [1.165, 1.54) is 16.7 Å². The number of hydrogen-bond acceptors (Lipinski definition) is 4. The van der Waals surface area contributed by atoms with E-state index in [0.717, 1.165) is 25.5 Å². The van der Waals surface area contributed by atoms with Crippen molar-refractivity contribution in [3.8, 4) is 0 Å². The summed E-state index contributed by atoms with van der Waals surface area (Å²) in [7, 11) is 0. The average Bonchev–Trinajstić information content (AvgIpc) is 3.52. The third kappa shape index (κ3) is 2.54. The molecule has 8 heteroatoms. The minimum Gasteiger partial charge on any atom is -0.477 e. The molecule has 3 N–H and O–H groups in total. The number of aromatic nitrogens is 1. The molecule has 28 heavy (non-hydrogen) atoms. The Hall–Kier alpha value is -2.48. The molecule has 0 radical (unpaired) electrons. The van der Waals surface area contributed by atoms with Crippen LogP contribution in [0, 0.1) is 11.7 Å². The molecule has 6 nitrogen and oxygen atoms in total. The van der Waals surface area contributed by atoms with Crippen molar-refractivity contribution in [1.29, 1.82) is 0 Å². The molecule has 1 saturated heterocycles. The van der Waals surface area contributed by atoms with Gasteiger partial charge in [0.05, 0.1) is 17.2 Å². The number of aromatic carboxylic acids is 1. The summed E-state index contributed by atoms with van der Waals surface area (Å²) in [5, 5.41) is 9.27. The van der Waals surface area contributed by atoms with Crippen LogP contribution in [0.5, 0.6) is 0 Å². The minimum absolute atomic E-state index is 0.0185. The summed E-state index contributed by atoms with van der Waals surface area (Å²) in [5.41, 5.74) is 5.28. The van der Waals surface area contributed by atoms with Gasteiger partial charge in [0.1, 0.15) is 11.7 Å². The molecule has 1 aromatic carbocycles. The van der Waals surface area contributed by atoms with Crippen molar-refractivity contribution in [1.82, 2.24) is 4.57 Å². The van der Waals surface area contributed by atoms with Gasteiger partial charge in [-0.15, -0.1) is 0 Å². The number of carboxylic acid groups (broad SMARTS) is 1. The van der Waals surface area contributed by atoms with Gasteiger partial charge >= 0.3 is 5.97 Å². The van der Waals surface area contributed by atoms with E-state index >= 15 is 4.39 Å². The number of carbonyl (C=O) groups is 1. The number of benzene rings is 1. The molecule has 2 heterocycles. The van der Waals surface area contributed by atoms with E-state index in [1.807, 2.05) is 4.90 Å². The largest absolute Gasteiger partial charge is 0.477 e. The molecule has 0 unspecified atom stereocenters. The number of hydrogen-bond donors (Lipinski definition) is 2. The molecule has 0 spiro atoms. The molecule has 148 valence electrons. The summed E-state index contributed by atoms with van der Waals surface area (Å²) in [6, 6.07) is 2.33. The Bertz CT molecular complexity index is 1060. The second kappa shape index (κ2) is 5.76. The molecule has 3 fully saturated rings. The van der Waals surface area contributed by atoms with Gasteiger partial charge in [-0.25, -0.2) is 13.6 Å². The van der Waals surface area contributed by atoms with Gasteiger partial charge in [-0.2, -0.15) is 0 Å². The lowest BCUT2D eigenvalue weighted by atomic mass is 9.97. The van der Waals surface area contributed by atoms with E-state index < -0.39 is 35.0 Å². The predicted molar refractivity (Wildman–Crippen MR) is 100 cm³/mol. The van der Waals surface area contributed by atoms with Gasteiger partial charge in [-0.1, -0.05) is 0 Å². The molecule has 3 atom stereocenters. The smallest absolute Gasteiger partial charge is 0.341 e. The van der Waals surface area contributed by atoms with E-state index in [2.05, 4.69) is 0 Å². The van der Waals surface area contributed by atoms with Crippen molar-refractivity contribution >= 4 is 22.6 Å². The zero-order valence-electron chi connectivity index (χ0n) is 15.2. The number of nitrogens with zero attached hydrogens (tertiary/aromatic N) is 2. The summed E-state index contributed by atoms with van der Waals surface area (Å²) >= 11 is 0. The fourth-order valence-electron chi connectivity index (χ4n) is 4.50. The first-order valence-corrected chi connectivity index (χ1v) is 9.59. The van der Waals surface area contributed by atoms with Crippen molar-refractivity contribution in [3.63, 3.8) is 0 Å². The van der Waals surface area contributed by atoms with Crippen LogP contribution in [-0.2, 0) is 0 Å². The van der Waals surface area contributed by atoms with Crippen molar-refractivity contribution in [2.24, 2.45) is 11.7 Å². The molecular formula is C20H21F2N3O3. The lowest BCUT2D eigenvalue weighted by Crippen LogP contribution is -2.34. The highest BCUT2D eigenvalue weighted by Gasteiger charge is 2.48. The van der Waals surface area contributed by atoms with Crippen molar-refractivity contribution in [3.05, 3.63) is 39.9 Å². The van der Waals surface area contributed by atoms with Crippen LogP contribution in [0.25, 0.3) is 10.9 Å². The molecule has 2 aromatic rings. The number of halogens is 2. The summed E-state index contributed by atoms with van der Waals surface area (Å²) in [5.74, 6) is -1.70. The van der Waals surface area contributed by atoms with E-state index in [4.69, 9.17) is 5.73 Å². The number of anilines is 1. The second-order valence-corrected chi connectivity index (χ2v) is 8.36. The SMILES string of the molecule is NC1([C@@H]2CCN(c3ccc4c(=O)c(C(=O)O)cn([C@@H]5C[C@H]5F)c4c3F)C2)CC1. The maximum Gasteiger partial charge on any atom is 0.341 e. The quantitative estimate of drug-likeness (QED) is 0.839. The fourth-order valence-corrected chi connectivity index (χ4v) is 4.50. The number of alkyl halides is 1. The average molecular weight is 389 g/mol. The molecule has 2 saturated carbocycles. The van der Waals surface area contributed by atoms with Crippen LogP contribution in [0.4, 0.5) is 14.5 Å². The van der Waals surface area contributed by atoms with E-state index in [-0.39, 0.29) is 22.9 Å². The first-order chi connectivity index (χ1) is 13.3. The molecule has 1 aliphatic heterocycles.